The fourth-order valence-corrected chi connectivity index (χ4v) is 5.20. The molecule has 5 aliphatic rings. The summed E-state index contributed by atoms with van der Waals surface area (Å²) in [5.74, 6) is 3.67. The maximum atomic E-state index is 6.54. The Morgan fingerprint density at radius 1 is 1.06 bits per heavy atom. The van der Waals surface area contributed by atoms with Crippen LogP contribution in [0, 0.1) is 17.8 Å². The number of piperidine rings is 3. The molecule has 1 aromatic carbocycles. The molecule has 0 N–H and O–H groups in total. The van der Waals surface area contributed by atoms with E-state index < -0.39 is 0 Å². The van der Waals surface area contributed by atoms with Gasteiger partial charge in [-0.15, -0.1) is 0 Å². The fraction of sp³-hybridized carbons (Fsp3) is 0.625. The lowest BCUT2D eigenvalue weighted by Crippen LogP contribution is -2.68. The molecular weight excluding hydrogens is 222 g/mol. The van der Waals surface area contributed by atoms with Crippen LogP contribution in [-0.4, -0.2) is 30.1 Å². The average Bonchev–Trinajstić information content (AvgIpc) is 2.75. The molecule has 1 aliphatic carbocycles. The van der Waals surface area contributed by atoms with Crippen molar-refractivity contribution in [3.8, 4) is 5.75 Å². The molecule has 3 saturated heterocycles. The van der Waals surface area contributed by atoms with E-state index in [0.29, 0.717) is 0 Å². The predicted octanol–water partition coefficient (Wildman–Crippen LogP) is 2.33. The van der Waals surface area contributed by atoms with Gasteiger partial charge in [-0.3, -0.25) is 0 Å². The molecule has 0 aromatic heterocycles. The van der Waals surface area contributed by atoms with E-state index in [-0.39, 0.29) is 5.60 Å². The summed E-state index contributed by atoms with van der Waals surface area (Å²) >= 11 is 0. The second-order valence-electron chi connectivity index (χ2n) is 6.79. The summed E-state index contributed by atoms with van der Waals surface area (Å²) in [7, 11) is 0. The van der Waals surface area contributed by atoms with Crippen molar-refractivity contribution in [1.29, 1.82) is 0 Å². The zero-order valence-corrected chi connectivity index (χ0v) is 10.6. The van der Waals surface area contributed by atoms with Crippen LogP contribution >= 0.6 is 0 Å². The zero-order valence-electron chi connectivity index (χ0n) is 10.6. The quantitative estimate of drug-likeness (QED) is 0.691. The van der Waals surface area contributed by atoms with E-state index in [9.17, 15) is 0 Å². The van der Waals surface area contributed by atoms with Crippen molar-refractivity contribution in [3.63, 3.8) is 0 Å². The predicted molar refractivity (Wildman–Crippen MR) is 69.6 cm³/mol. The third kappa shape index (κ3) is 1.08. The summed E-state index contributed by atoms with van der Waals surface area (Å²) in [6.45, 7) is 3.91. The standard InChI is InChI=1S/C16H19NO/c1-2-4-15-12(3-1)7-16(18-15)13-5-11-6-14(16)10-17(8-11)9-13/h1-4,11,13-14H,5-10H2. The lowest BCUT2D eigenvalue weighted by molar-refractivity contribution is -0.158. The largest absolute Gasteiger partial charge is 0.486 e. The first-order valence-corrected chi connectivity index (χ1v) is 7.33. The van der Waals surface area contributed by atoms with Crippen LogP contribution < -0.4 is 4.74 Å². The minimum Gasteiger partial charge on any atom is -0.486 e. The maximum absolute atomic E-state index is 6.54. The van der Waals surface area contributed by atoms with Gasteiger partial charge in [-0.05, 0) is 30.4 Å². The highest BCUT2D eigenvalue weighted by Crippen LogP contribution is 2.55. The Kier molecular flexibility index (Phi) is 1.70. The molecule has 2 unspecified atom stereocenters. The highest BCUT2D eigenvalue weighted by molar-refractivity contribution is 5.40. The van der Waals surface area contributed by atoms with Crippen molar-refractivity contribution in [1.82, 2.24) is 4.90 Å². The number of hydrogen-bond acceptors (Lipinski definition) is 2. The van der Waals surface area contributed by atoms with Crippen molar-refractivity contribution in [2.24, 2.45) is 17.8 Å². The van der Waals surface area contributed by atoms with Crippen molar-refractivity contribution in [3.05, 3.63) is 29.8 Å². The lowest BCUT2D eigenvalue weighted by Gasteiger charge is -2.60. The van der Waals surface area contributed by atoms with Crippen molar-refractivity contribution >= 4 is 0 Å². The lowest BCUT2D eigenvalue weighted by atomic mass is 9.58. The maximum Gasteiger partial charge on any atom is 0.123 e. The summed E-state index contributed by atoms with van der Waals surface area (Å²) < 4.78 is 6.54. The third-order valence-electron chi connectivity index (χ3n) is 5.83. The summed E-state index contributed by atoms with van der Waals surface area (Å²) in [6.07, 6.45) is 3.97. The molecular formula is C16H19NO. The van der Waals surface area contributed by atoms with Crippen molar-refractivity contribution in [2.75, 3.05) is 19.6 Å². The number of benzene rings is 1. The van der Waals surface area contributed by atoms with Crippen LogP contribution in [0.5, 0.6) is 5.75 Å². The molecule has 2 atom stereocenters. The van der Waals surface area contributed by atoms with Gasteiger partial charge in [-0.1, -0.05) is 18.2 Å². The summed E-state index contributed by atoms with van der Waals surface area (Å²) in [5.41, 5.74) is 1.61. The van der Waals surface area contributed by atoms with Crippen LogP contribution in [0.25, 0.3) is 0 Å². The van der Waals surface area contributed by atoms with Gasteiger partial charge in [0.1, 0.15) is 11.4 Å². The highest BCUT2D eigenvalue weighted by atomic mass is 16.5. The van der Waals surface area contributed by atoms with Gasteiger partial charge >= 0.3 is 0 Å². The van der Waals surface area contributed by atoms with Crippen LogP contribution in [0.15, 0.2) is 24.3 Å². The molecule has 4 fully saturated rings. The molecule has 6 rings (SSSR count). The third-order valence-corrected chi connectivity index (χ3v) is 5.83. The Morgan fingerprint density at radius 2 is 1.83 bits per heavy atom. The molecule has 0 radical (unpaired) electrons. The second kappa shape index (κ2) is 3.11. The summed E-state index contributed by atoms with van der Waals surface area (Å²) in [4.78, 5) is 2.69. The van der Waals surface area contributed by atoms with Gasteiger partial charge in [0.25, 0.3) is 0 Å². The van der Waals surface area contributed by atoms with Gasteiger partial charge in [0, 0.05) is 37.9 Å². The molecule has 1 spiro atoms. The molecule has 1 saturated carbocycles. The number of rotatable bonds is 0. The van der Waals surface area contributed by atoms with Gasteiger partial charge in [0.2, 0.25) is 0 Å². The Hall–Kier alpha value is -1.02. The Morgan fingerprint density at radius 3 is 2.56 bits per heavy atom. The van der Waals surface area contributed by atoms with E-state index in [1.807, 2.05) is 0 Å². The number of nitrogens with zero attached hydrogens (tertiary/aromatic N) is 1. The first kappa shape index (κ1) is 9.85. The summed E-state index contributed by atoms with van der Waals surface area (Å²) in [6, 6.07) is 8.68. The molecule has 1 aromatic rings. The monoisotopic (exact) mass is 241 g/mol. The van der Waals surface area contributed by atoms with Crippen LogP contribution in [-0.2, 0) is 6.42 Å². The molecule has 0 amide bonds. The fourth-order valence-electron chi connectivity index (χ4n) is 5.20. The minimum atomic E-state index is 0.164. The topological polar surface area (TPSA) is 12.5 Å². The van der Waals surface area contributed by atoms with E-state index >= 15 is 0 Å². The van der Waals surface area contributed by atoms with Gasteiger partial charge in [-0.2, -0.15) is 0 Å². The SMILES string of the molecule is c1ccc2c(c1)CC1(O2)C2CC3CC1CN(C3)C2. The molecule has 4 heterocycles. The zero-order chi connectivity index (χ0) is 11.7. The number of ether oxygens (including phenoxy) is 1. The molecule has 4 aliphatic heterocycles. The molecule has 4 bridgehead atoms. The first-order chi connectivity index (χ1) is 8.83. The molecule has 2 heteroatoms. The minimum absolute atomic E-state index is 0.164. The van der Waals surface area contributed by atoms with E-state index in [0.717, 1.165) is 17.8 Å². The van der Waals surface area contributed by atoms with E-state index in [2.05, 4.69) is 29.2 Å². The van der Waals surface area contributed by atoms with E-state index in [1.54, 1.807) is 0 Å². The Labute approximate surface area is 108 Å². The van der Waals surface area contributed by atoms with Crippen molar-refractivity contribution in [2.45, 2.75) is 24.9 Å². The smallest absolute Gasteiger partial charge is 0.123 e. The van der Waals surface area contributed by atoms with Crippen LogP contribution in [0.4, 0.5) is 0 Å². The number of fused-ring (bicyclic) bond motifs is 1. The molecule has 2 nitrogen and oxygen atoms in total. The Balaban J connectivity index is 1.58. The van der Waals surface area contributed by atoms with Gasteiger partial charge in [0.05, 0.1) is 0 Å². The van der Waals surface area contributed by atoms with Crippen molar-refractivity contribution < 1.29 is 4.74 Å². The average molecular weight is 241 g/mol. The van der Waals surface area contributed by atoms with Gasteiger partial charge < -0.3 is 9.64 Å². The van der Waals surface area contributed by atoms with Gasteiger partial charge in [-0.25, -0.2) is 0 Å². The normalized spacial score (nSPS) is 47.3. The Bertz CT molecular complexity index is 455. The van der Waals surface area contributed by atoms with E-state index in [4.69, 9.17) is 4.74 Å². The molecule has 18 heavy (non-hydrogen) atoms. The number of para-hydroxylation sites is 1. The van der Waals surface area contributed by atoms with E-state index in [1.165, 1.54) is 50.2 Å². The first-order valence-electron chi connectivity index (χ1n) is 7.33. The van der Waals surface area contributed by atoms with Gasteiger partial charge in [0.15, 0.2) is 0 Å². The summed E-state index contributed by atoms with van der Waals surface area (Å²) in [5, 5.41) is 0. The van der Waals surface area contributed by atoms with Crippen LogP contribution in [0.2, 0.25) is 0 Å². The second-order valence-corrected chi connectivity index (χ2v) is 6.79. The van der Waals surface area contributed by atoms with Crippen LogP contribution in [0.3, 0.4) is 0 Å². The van der Waals surface area contributed by atoms with Crippen LogP contribution in [0.1, 0.15) is 18.4 Å². The highest BCUT2D eigenvalue weighted by Gasteiger charge is 2.60. The molecule has 94 valence electrons. The number of hydrogen-bond donors (Lipinski definition) is 0.